The first-order valence-electron chi connectivity index (χ1n) is 9.64. The van der Waals surface area contributed by atoms with Gasteiger partial charge in [-0.25, -0.2) is 0 Å². The number of rotatable bonds is 8. The highest BCUT2D eigenvalue weighted by Gasteiger charge is 2.16. The van der Waals surface area contributed by atoms with Gasteiger partial charge in [0, 0.05) is 12.1 Å². The number of amides is 1. The van der Waals surface area contributed by atoms with Crippen LogP contribution in [-0.2, 0) is 32.2 Å². The number of nitrogens with one attached hydrogen (secondary N) is 1. The first kappa shape index (κ1) is 19.2. The predicted octanol–water partition coefficient (Wildman–Crippen LogP) is 5.26. The van der Waals surface area contributed by atoms with Crippen molar-refractivity contribution in [2.75, 3.05) is 0 Å². The second-order valence-corrected chi connectivity index (χ2v) is 6.49. The van der Waals surface area contributed by atoms with Gasteiger partial charge in [0.25, 0.3) is 5.91 Å². The van der Waals surface area contributed by atoms with Crippen molar-refractivity contribution < 1.29 is 4.79 Å². The summed E-state index contributed by atoms with van der Waals surface area (Å²) in [4.78, 5) is 12.4. The monoisotopic (exact) mass is 337 g/mol. The normalized spacial score (nSPS) is 10.7. The lowest BCUT2D eigenvalue weighted by Crippen LogP contribution is -2.24. The van der Waals surface area contributed by atoms with E-state index in [9.17, 15) is 4.79 Å². The zero-order valence-electron chi connectivity index (χ0n) is 16.1. The molecule has 25 heavy (non-hydrogen) atoms. The van der Waals surface area contributed by atoms with Crippen LogP contribution in [0.15, 0.2) is 36.4 Å². The third-order valence-corrected chi connectivity index (χ3v) is 4.92. The fourth-order valence-corrected chi connectivity index (χ4v) is 3.71. The van der Waals surface area contributed by atoms with E-state index in [1.54, 1.807) is 0 Å². The molecular weight excluding hydrogens is 306 g/mol. The summed E-state index contributed by atoms with van der Waals surface area (Å²) in [5, 5.41) is 3.13. The first-order valence-corrected chi connectivity index (χ1v) is 9.64. The van der Waals surface area contributed by atoms with E-state index >= 15 is 0 Å². The van der Waals surface area contributed by atoms with Crippen molar-refractivity contribution in [1.82, 2.24) is 5.32 Å². The largest absolute Gasteiger partial charge is 0.348 e. The average molecular weight is 338 g/mol. The van der Waals surface area contributed by atoms with E-state index in [4.69, 9.17) is 0 Å². The average Bonchev–Trinajstić information content (AvgIpc) is 2.66. The van der Waals surface area contributed by atoms with E-state index in [0.717, 1.165) is 31.2 Å². The Hall–Kier alpha value is -2.09. The van der Waals surface area contributed by atoms with E-state index in [-0.39, 0.29) is 5.91 Å². The molecule has 0 saturated carbocycles. The molecule has 1 amide bonds. The van der Waals surface area contributed by atoms with Crippen LogP contribution in [0.3, 0.4) is 0 Å². The summed E-state index contributed by atoms with van der Waals surface area (Å²) in [6, 6.07) is 11.8. The SMILES string of the molecule is CCCc1cc(CC)c(CNC(=O)c2ccccc2)c(CC)c1CC. The second-order valence-electron chi connectivity index (χ2n) is 6.49. The molecule has 0 bridgehead atoms. The van der Waals surface area contributed by atoms with Crippen molar-refractivity contribution >= 4 is 5.91 Å². The lowest BCUT2D eigenvalue weighted by molar-refractivity contribution is 0.0950. The van der Waals surface area contributed by atoms with Gasteiger partial charge in [0.05, 0.1) is 0 Å². The van der Waals surface area contributed by atoms with E-state index in [1.807, 2.05) is 30.3 Å². The number of hydrogen-bond acceptors (Lipinski definition) is 1. The number of aryl methyl sites for hydroxylation is 2. The van der Waals surface area contributed by atoms with Crippen LogP contribution in [0.2, 0.25) is 0 Å². The molecule has 0 saturated heterocycles. The van der Waals surface area contributed by atoms with Crippen molar-refractivity contribution in [3.63, 3.8) is 0 Å². The van der Waals surface area contributed by atoms with Crippen molar-refractivity contribution in [2.45, 2.75) is 66.3 Å². The minimum atomic E-state index is 0.000360. The third kappa shape index (κ3) is 4.50. The molecule has 134 valence electrons. The molecule has 2 aromatic rings. The summed E-state index contributed by atoms with van der Waals surface area (Å²) in [6.07, 6.45) is 5.39. The molecule has 1 N–H and O–H groups in total. The van der Waals surface area contributed by atoms with Crippen LogP contribution in [0.4, 0.5) is 0 Å². The van der Waals surface area contributed by atoms with Crippen LogP contribution >= 0.6 is 0 Å². The minimum Gasteiger partial charge on any atom is -0.348 e. The van der Waals surface area contributed by atoms with Gasteiger partial charge in [0.15, 0.2) is 0 Å². The molecule has 0 aliphatic carbocycles. The van der Waals surface area contributed by atoms with Crippen molar-refractivity contribution in [3.05, 3.63) is 69.8 Å². The molecule has 0 aliphatic rings. The number of benzene rings is 2. The first-order chi connectivity index (χ1) is 12.2. The Balaban J connectivity index is 2.33. The second kappa shape index (κ2) is 9.41. The Morgan fingerprint density at radius 3 is 2.08 bits per heavy atom. The molecule has 0 unspecified atom stereocenters. The number of carbonyl (C=O) groups is 1. The molecule has 0 heterocycles. The lowest BCUT2D eigenvalue weighted by atomic mass is 9.86. The maximum atomic E-state index is 12.4. The van der Waals surface area contributed by atoms with Gasteiger partial charge in [0.1, 0.15) is 0 Å². The zero-order valence-corrected chi connectivity index (χ0v) is 16.1. The van der Waals surface area contributed by atoms with Crippen LogP contribution in [0.25, 0.3) is 0 Å². The Bertz CT molecular complexity index is 704. The summed E-state index contributed by atoms with van der Waals surface area (Å²) in [5.74, 6) is 0.000360. The smallest absolute Gasteiger partial charge is 0.251 e. The van der Waals surface area contributed by atoms with E-state index in [2.05, 4.69) is 39.1 Å². The van der Waals surface area contributed by atoms with Gasteiger partial charge >= 0.3 is 0 Å². The molecule has 0 spiro atoms. The van der Waals surface area contributed by atoms with Crippen LogP contribution < -0.4 is 5.32 Å². The molecule has 2 aromatic carbocycles. The lowest BCUT2D eigenvalue weighted by Gasteiger charge is -2.21. The number of hydrogen-bond donors (Lipinski definition) is 1. The van der Waals surface area contributed by atoms with Gasteiger partial charge in [-0.1, -0.05) is 58.4 Å². The van der Waals surface area contributed by atoms with Crippen LogP contribution in [0.5, 0.6) is 0 Å². The maximum Gasteiger partial charge on any atom is 0.251 e. The molecule has 0 aliphatic heterocycles. The molecule has 0 radical (unpaired) electrons. The van der Waals surface area contributed by atoms with Gasteiger partial charge in [-0.3, -0.25) is 4.79 Å². The van der Waals surface area contributed by atoms with Gasteiger partial charge in [-0.05, 0) is 65.6 Å². The van der Waals surface area contributed by atoms with Gasteiger partial charge in [-0.15, -0.1) is 0 Å². The van der Waals surface area contributed by atoms with E-state index < -0.39 is 0 Å². The molecule has 0 atom stereocenters. The summed E-state index contributed by atoms with van der Waals surface area (Å²) < 4.78 is 0. The van der Waals surface area contributed by atoms with Crippen molar-refractivity contribution in [2.24, 2.45) is 0 Å². The Morgan fingerprint density at radius 2 is 1.52 bits per heavy atom. The molecule has 0 aromatic heterocycles. The Kier molecular flexibility index (Phi) is 7.24. The van der Waals surface area contributed by atoms with Crippen LogP contribution in [0.1, 0.15) is 72.3 Å². The van der Waals surface area contributed by atoms with Gasteiger partial charge in [-0.2, -0.15) is 0 Å². The quantitative estimate of drug-likeness (QED) is 0.700. The molecular formula is C23H31NO. The molecule has 2 nitrogen and oxygen atoms in total. The summed E-state index contributed by atoms with van der Waals surface area (Å²) in [6.45, 7) is 9.53. The predicted molar refractivity (Wildman–Crippen MR) is 106 cm³/mol. The minimum absolute atomic E-state index is 0.000360. The van der Waals surface area contributed by atoms with E-state index in [0.29, 0.717) is 6.54 Å². The summed E-state index contributed by atoms with van der Waals surface area (Å²) in [5.41, 5.74) is 7.86. The highest BCUT2D eigenvalue weighted by atomic mass is 16.1. The van der Waals surface area contributed by atoms with E-state index in [1.165, 1.54) is 34.2 Å². The standard InChI is InChI=1S/C23H31NO/c1-5-12-19-15-17(6-2)22(21(8-4)20(19)7-3)16-24-23(25)18-13-10-9-11-14-18/h9-11,13-15H,5-8,12,16H2,1-4H3,(H,24,25). The fraction of sp³-hybridized carbons (Fsp3) is 0.435. The summed E-state index contributed by atoms with van der Waals surface area (Å²) >= 11 is 0. The van der Waals surface area contributed by atoms with Crippen LogP contribution in [-0.4, -0.2) is 5.91 Å². The van der Waals surface area contributed by atoms with Crippen LogP contribution in [0, 0.1) is 0 Å². The number of carbonyl (C=O) groups excluding carboxylic acids is 1. The Morgan fingerprint density at radius 1 is 0.840 bits per heavy atom. The highest BCUT2D eigenvalue weighted by molar-refractivity contribution is 5.94. The van der Waals surface area contributed by atoms with Crippen molar-refractivity contribution in [3.8, 4) is 0 Å². The Labute approximate surface area is 152 Å². The molecule has 2 heteroatoms. The topological polar surface area (TPSA) is 29.1 Å². The van der Waals surface area contributed by atoms with Gasteiger partial charge < -0.3 is 5.32 Å². The van der Waals surface area contributed by atoms with Gasteiger partial charge in [0.2, 0.25) is 0 Å². The zero-order chi connectivity index (χ0) is 18.2. The molecule has 0 fully saturated rings. The summed E-state index contributed by atoms with van der Waals surface area (Å²) in [7, 11) is 0. The fourth-order valence-electron chi connectivity index (χ4n) is 3.71. The molecule has 2 rings (SSSR count). The van der Waals surface area contributed by atoms with Crippen molar-refractivity contribution in [1.29, 1.82) is 0 Å². The third-order valence-electron chi connectivity index (χ3n) is 4.92. The highest BCUT2D eigenvalue weighted by Crippen LogP contribution is 2.27. The maximum absolute atomic E-state index is 12.4.